The summed E-state index contributed by atoms with van der Waals surface area (Å²) in [6.07, 6.45) is 6.35. The van der Waals surface area contributed by atoms with Crippen molar-refractivity contribution in [1.82, 2.24) is 0 Å². The van der Waals surface area contributed by atoms with Crippen LogP contribution in [0.5, 0.6) is 0 Å². The van der Waals surface area contributed by atoms with Gasteiger partial charge in [0.1, 0.15) is 5.00 Å². The van der Waals surface area contributed by atoms with Crippen molar-refractivity contribution in [3.63, 3.8) is 0 Å². The standard InChI is InChI=1S/C20H22ClNO3S/c1-2-25-20(24)17-15-7-5-3-4-6-8-16(15)26-19(17)22-18(23)13-9-11-14(21)12-10-13/h9-12H,2-8H2,1H3,(H,22,23). The van der Waals surface area contributed by atoms with Crippen molar-refractivity contribution in [2.75, 3.05) is 11.9 Å². The number of halogens is 1. The molecule has 0 fully saturated rings. The lowest BCUT2D eigenvalue weighted by molar-refractivity contribution is 0.0526. The molecule has 1 aliphatic carbocycles. The highest BCUT2D eigenvalue weighted by Gasteiger charge is 2.26. The van der Waals surface area contributed by atoms with Crippen LogP contribution < -0.4 is 5.32 Å². The quantitative estimate of drug-likeness (QED) is 0.701. The highest BCUT2D eigenvalue weighted by atomic mass is 35.5. The van der Waals surface area contributed by atoms with Gasteiger partial charge in [-0.25, -0.2) is 4.79 Å². The van der Waals surface area contributed by atoms with Crippen molar-refractivity contribution in [3.8, 4) is 0 Å². The minimum absolute atomic E-state index is 0.249. The van der Waals surface area contributed by atoms with E-state index in [2.05, 4.69) is 5.32 Å². The van der Waals surface area contributed by atoms with Gasteiger partial charge in [0, 0.05) is 15.5 Å². The van der Waals surface area contributed by atoms with Crippen LogP contribution in [0, 0.1) is 0 Å². The molecule has 0 aliphatic heterocycles. The number of carbonyl (C=O) groups excluding carboxylic acids is 2. The third kappa shape index (κ3) is 4.27. The monoisotopic (exact) mass is 391 g/mol. The summed E-state index contributed by atoms with van der Waals surface area (Å²) in [7, 11) is 0. The van der Waals surface area contributed by atoms with Crippen LogP contribution in [-0.2, 0) is 17.6 Å². The number of hydrogen-bond acceptors (Lipinski definition) is 4. The van der Waals surface area contributed by atoms with Gasteiger partial charge in [0.2, 0.25) is 0 Å². The zero-order valence-corrected chi connectivity index (χ0v) is 16.3. The lowest BCUT2D eigenvalue weighted by Gasteiger charge is -2.11. The Bertz CT molecular complexity index is 798. The summed E-state index contributed by atoms with van der Waals surface area (Å²) in [6, 6.07) is 6.70. The number of ether oxygens (including phenoxy) is 1. The maximum atomic E-state index is 12.6. The Morgan fingerprint density at radius 3 is 2.50 bits per heavy atom. The van der Waals surface area contributed by atoms with E-state index in [1.165, 1.54) is 29.1 Å². The number of hydrogen-bond donors (Lipinski definition) is 1. The molecule has 1 aromatic heterocycles. The average Bonchev–Trinajstić information content (AvgIpc) is 2.92. The first-order valence-electron chi connectivity index (χ1n) is 8.98. The van der Waals surface area contributed by atoms with Gasteiger partial charge in [-0.3, -0.25) is 4.79 Å². The topological polar surface area (TPSA) is 55.4 Å². The van der Waals surface area contributed by atoms with E-state index in [1.807, 2.05) is 0 Å². The molecule has 1 heterocycles. The molecule has 6 heteroatoms. The fourth-order valence-electron chi connectivity index (χ4n) is 3.20. The van der Waals surface area contributed by atoms with Crippen molar-refractivity contribution >= 4 is 39.8 Å². The first kappa shape index (κ1) is 18.9. The molecule has 138 valence electrons. The van der Waals surface area contributed by atoms with Crippen molar-refractivity contribution in [1.29, 1.82) is 0 Å². The zero-order valence-electron chi connectivity index (χ0n) is 14.8. The number of aryl methyl sites for hydroxylation is 1. The summed E-state index contributed by atoms with van der Waals surface area (Å²) in [6.45, 7) is 2.11. The molecule has 0 saturated heterocycles. The molecule has 0 radical (unpaired) electrons. The van der Waals surface area contributed by atoms with E-state index in [1.54, 1.807) is 31.2 Å². The molecule has 0 unspecified atom stereocenters. The number of anilines is 1. The molecular formula is C20H22ClNO3S. The minimum atomic E-state index is -0.350. The van der Waals surface area contributed by atoms with Gasteiger partial charge in [0.25, 0.3) is 5.91 Å². The van der Waals surface area contributed by atoms with Gasteiger partial charge in [-0.1, -0.05) is 24.4 Å². The Morgan fingerprint density at radius 2 is 1.81 bits per heavy atom. The highest BCUT2D eigenvalue weighted by Crippen LogP contribution is 2.37. The average molecular weight is 392 g/mol. The number of amides is 1. The van der Waals surface area contributed by atoms with Gasteiger partial charge < -0.3 is 10.1 Å². The first-order valence-corrected chi connectivity index (χ1v) is 10.2. The number of carbonyl (C=O) groups is 2. The maximum absolute atomic E-state index is 12.6. The predicted molar refractivity (Wildman–Crippen MR) is 106 cm³/mol. The number of esters is 1. The predicted octanol–water partition coefficient (Wildman–Crippen LogP) is 5.49. The van der Waals surface area contributed by atoms with Crippen molar-refractivity contribution < 1.29 is 14.3 Å². The fourth-order valence-corrected chi connectivity index (χ4v) is 4.60. The molecular weight excluding hydrogens is 370 g/mol. The van der Waals surface area contributed by atoms with E-state index in [9.17, 15) is 9.59 Å². The second-order valence-corrected chi connectivity index (χ2v) is 7.85. The van der Waals surface area contributed by atoms with Gasteiger partial charge in [-0.15, -0.1) is 11.3 Å². The molecule has 26 heavy (non-hydrogen) atoms. The summed E-state index contributed by atoms with van der Waals surface area (Å²) in [5.74, 6) is -0.599. The molecule has 1 aromatic carbocycles. The normalized spacial score (nSPS) is 14.1. The summed E-state index contributed by atoms with van der Waals surface area (Å²) < 4.78 is 5.27. The summed E-state index contributed by atoms with van der Waals surface area (Å²) in [4.78, 5) is 26.4. The van der Waals surface area contributed by atoms with Gasteiger partial charge >= 0.3 is 5.97 Å². The van der Waals surface area contributed by atoms with Crippen LogP contribution in [0.25, 0.3) is 0 Å². The van der Waals surface area contributed by atoms with E-state index in [4.69, 9.17) is 16.3 Å². The van der Waals surface area contributed by atoms with Crippen LogP contribution in [0.2, 0.25) is 5.02 Å². The lowest BCUT2D eigenvalue weighted by atomic mass is 9.96. The van der Waals surface area contributed by atoms with Gasteiger partial charge in [0.05, 0.1) is 12.2 Å². The number of nitrogens with one attached hydrogen (secondary N) is 1. The van der Waals surface area contributed by atoms with E-state index in [-0.39, 0.29) is 11.9 Å². The molecule has 0 atom stereocenters. The lowest BCUT2D eigenvalue weighted by Crippen LogP contribution is -2.15. The maximum Gasteiger partial charge on any atom is 0.341 e. The van der Waals surface area contributed by atoms with Crippen LogP contribution in [0.1, 0.15) is 63.8 Å². The smallest absolute Gasteiger partial charge is 0.341 e. The molecule has 0 spiro atoms. The second kappa shape index (κ2) is 8.69. The molecule has 1 N–H and O–H groups in total. The third-order valence-corrected chi connectivity index (χ3v) is 5.94. The molecule has 0 bridgehead atoms. The fraction of sp³-hybridized carbons (Fsp3) is 0.400. The SMILES string of the molecule is CCOC(=O)c1c(NC(=O)c2ccc(Cl)cc2)sc2c1CCCCCC2. The number of benzene rings is 1. The number of fused-ring (bicyclic) bond motifs is 1. The molecule has 3 rings (SSSR count). The third-order valence-electron chi connectivity index (χ3n) is 4.48. The zero-order chi connectivity index (χ0) is 18.5. The molecule has 2 aromatic rings. The number of thiophene rings is 1. The van der Waals surface area contributed by atoms with Crippen molar-refractivity contribution in [3.05, 3.63) is 50.9 Å². The Kier molecular flexibility index (Phi) is 6.33. The van der Waals surface area contributed by atoms with Crippen LogP contribution in [-0.4, -0.2) is 18.5 Å². The highest BCUT2D eigenvalue weighted by molar-refractivity contribution is 7.17. The van der Waals surface area contributed by atoms with Gasteiger partial charge in [-0.05, 0) is 62.4 Å². The number of rotatable bonds is 4. The van der Waals surface area contributed by atoms with Gasteiger partial charge in [-0.2, -0.15) is 0 Å². The molecule has 4 nitrogen and oxygen atoms in total. The largest absolute Gasteiger partial charge is 0.462 e. The molecule has 1 aliphatic rings. The van der Waals surface area contributed by atoms with Crippen molar-refractivity contribution in [2.24, 2.45) is 0 Å². The molecule has 0 saturated carbocycles. The van der Waals surface area contributed by atoms with Crippen molar-refractivity contribution in [2.45, 2.75) is 45.4 Å². The van der Waals surface area contributed by atoms with Crippen LogP contribution in [0.15, 0.2) is 24.3 Å². The summed E-state index contributed by atoms with van der Waals surface area (Å²) >= 11 is 7.39. The Morgan fingerprint density at radius 1 is 1.12 bits per heavy atom. The van der Waals surface area contributed by atoms with Gasteiger partial charge in [0.15, 0.2) is 0 Å². The van der Waals surface area contributed by atoms with Crippen LogP contribution in [0.3, 0.4) is 0 Å². The molecule has 1 amide bonds. The Balaban J connectivity index is 1.94. The summed E-state index contributed by atoms with van der Waals surface area (Å²) in [5, 5.41) is 4.09. The van der Waals surface area contributed by atoms with E-state index >= 15 is 0 Å². The second-order valence-electron chi connectivity index (χ2n) is 6.30. The van der Waals surface area contributed by atoms with E-state index < -0.39 is 0 Å². The Hall–Kier alpha value is -1.85. The van der Waals surface area contributed by atoms with Crippen LogP contribution >= 0.6 is 22.9 Å². The van der Waals surface area contributed by atoms with Crippen LogP contribution in [0.4, 0.5) is 5.00 Å². The minimum Gasteiger partial charge on any atom is -0.462 e. The first-order chi connectivity index (χ1) is 12.6. The van der Waals surface area contributed by atoms with E-state index in [0.717, 1.165) is 31.2 Å². The Labute approximate surface area is 162 Å². The summed E-state index contributed by atoms with van der Waals surface area (Å²) in [5.41, 5.74) is 2.10. The van der Waals surface area contributed by atoms with E-state index in [0.29, 0.717) is 27.8 Å².